The van der Waals surface area contributed by atoms with Gasteiger partial charge in [-0.2, -0.15) is 0 Å². The van der Waals surface area contributed by atoms with Crippen LogP contribution in [0.25, 0.3) is 11.0 Å². The molecule has 0 aliphatic heterocycles. The van der Waals surface area contributed by atoms with Crippen LogP contribution in [0.1, 0.15) is 41.0 Å². The molecule has 1 amide bonds. The minimum absolute atomic E-state index is 0.0129. The number of benzene rings is 1. The second-order valence-electron chi connectivity index (χ2n) is 6.75. The summed E-state index contributed by atoms with van der Waals surface area (Å²) in [5, 5.41) is 3.41. The summed E-state index contributed by atoms with van der Waals surface area (Å²) in [5.74, 6) is 0.133. The predicted molar refractivity (Wildman–Crippen MR) is 103 cm³/mol. The third kappa shape index (κ3) is 4.34. The van der Waals surface area contributed by atoms with E-state index < -0.39 is 11.5 Å². The molecule has 0 bridgehead atoms. The van der Waals surface area contributed by atoms with E-state index in [2.05, 4.69) is 10.3 Å². The summed E-state index contributed by atoms with van der Waals surface area (Å²) in [4.78, 5) is 28.9. The van der Waals surface area contributed by atoms with E-state index in [1.165, 1.54) is 6.07 Å². The normalized spacial score (nSPS) is 11.0. The lowest BCUT2D eigenvalue weighted by Gasteiger charge is -2.10. The van der Waals surface area contributed by atoms with Crippen molar-refractivity contribution in [2.45, 2.75) is 40.3 Å². The number of hydrogen-bond donors (Lipinski definition) is 1. The molecule has 1 aromatic carbocycles. The van der Waals surface area contributed by atoms with Gasteiger partial charge in [-0.1, -0.05) is 0 Å². The predicted octanol–water partition coefficient (Wildman–Crippen LogP) is 3.52. The van der Waals surface area contributed by atoms with Gasteiger partial charge < -0.3 is 14.5 Å². The van der Waals surface area contributed by atoms with Crippen molar-refractivity contribution in [1.29, 1.82) is 0 Å². The summed E-state index contributed by atoms with van der Waals surface area (Å²) in [6, 6.07) is 8.69. The molecule has 2 heterocycles. The molecule has 0 unspecified atom stereocenters. The molecule has 27 heavy (non-hydrogen) atoms. The van der Waals surface area contributed by atoms with Gasteiger partial charge in [0.15, 0.2) is 0 Å². The zero-order chi connectivity index (χ0) is 19.6. The Morgan fingerprint density at radius 3 is 2.70 bits per heavy atom. The van der Waals surface area contributed by atoms with Crippen molar-refractivity contribution >= 4 is 16.9 Å². The summed E-state index contributed by atoms with van der Waals surface area (Å²) in [6.07, 6.45) is 1.74. The van der Waals surface area contributed by atoms with Gasteiger partial charge in [0.2, 0.25) is 0 Å². The quantitative estimate of drug-likeness (QED) is 0.699. The van der Waals surface area contributed by atoms with Gasteiger partial charge >= 0.3 is 5.63 Å². The van der Waals surface area contributed by atoms with E-state index in [9.17, 15) is 9.59 Å². The van der Waals surface area contributed by atoms with Gasteiger partial charge in [-0.25, -0.2) is 4.79 Å². The number of carbonyl (C=O) groups excluding carboxylic acids is 1. The maximum absolute atomic E-state index is 12.5. The summed E-state index contributed by atoms with van der Waals surface area (Å²) in [7, 11) is 0. The van der Waals surface area contributed by atoms with Gasteiger partial charge in [0, 0.05) is 29.9 Å². The Morgan fingerprint density at radius 2 is 2.00 bits per heavy atom. The van der Waals surface area contributed by atoms with Crippen molar-refractivity contribution < 1.29 is 13.9 Å². The number of carbonyl (C=O) groups is 1. The maximum atomic E-state index is 12.5. The van der Waals surface area contributed by atoms with Gasteiger partial charge in [0.05, 0.1) is 6.10 Å². The first-order chi connectivity index (χ1) is 12.8. The summed E-state index contributed by atoms with van der Waals surface area (Å²) < 4.78 is 10.9. The highest BCUT2D eigenvalue weighted by atomic mass is 16.5. The van der Waals surface area contributed by atoms with E-state index in [1.807, 2.05) is 33.8 Å². The van der Waals surface area contributed by atoms with E-state index in [4.69, 9.17) is 9.15 Å². The monoisotopic (exact) mass is 366 g/mol. The molecule has 2 aromatic heterocycles. The van der Waals surface area contributed by atoms with Gasteiger partial charge in [0.1, 0.15) is 16.9 Å². The zero-order valence-corrected chi connectivity index (χ0v) is 15.8. The average molecular weight is 366 g/mol. The number of amides is 1. The van der Waals surface area contributed by atoms with Gasteiger partial charge in [-0.05, 0) is 63.1 Å². The smallest absolute Gasteiger partial charge is 0.349 e. The second kappa shape index (κ2) is 7.61. The lowest BCUT2D eigenvalue weighted by molar-refractivity contribution is 0.0947. The largest absolute Gasteiger partial charge is 0.491 e. The molecular formula is C21H22N2O4. The number of rotatable bonds is 5. The fraction of sp³-hybridized carbons (Fsp3) is 0.286. The van der Waals surface area contributed by atoms with Gasteiger partial charge in [-0.3, -0.25) is 9.78 Å². The number of nitrogens with one attached hydrogen (secondary N) is 1. The van der Waals surface area contributed by atoms with Crippen LogP contribution in [0.2, 0.25) is 0 Å². The summed E-state index contributed by atoms with van der Waals surface area (Å²) in [6.45, 7) is 7.99. The highest BCUT2D eigenvalue weighted by Crippen LogP contribution is 2.21. The molecule has 3 rings (SSSR count). The minimum Gasteiger partial charge on any atom is -0.491 e. The summed E-state index contributed by atoms with van der Waals surface area (Å²) in [5.41, 5.74) is 2.52. The number of ether oxygens (including phenoxy) is 1. The first-order valence-corrected chi connectivity index (χ1v) is 8.78. The number of nitrogens with zero attached hydrogens (tertiary/aromatic N) is 1. The van der Waals surface area contributed by atoms with Crippen LogP contribution in [-0.2, 0) is 6.54 Å². The third-order valence-corrected chi connectivity index (χ3v) is 4.12. The van der Waals surface area contributed by atoms with Crippen LogP contribution < -0.4 is 15.7 Å². The highest BCUT2D eigenvalue weighted by molar-refractivity contribution is 5.96. The first kappa shape index (κ1) is 18.6. The van der Waals surface area contributed by atoms with Crippen molar-refractivity contribution in [3.8, 4) is 5.75 Å². The van der Waals surface area contributed by atoms with E-state index >= 15 is 0 Å². The van der Waals surface area contributed by atoms with Crippen LogP contribution in [-0.4, -0.2) is 17.0 Å². The van der Waals surface area contributed by atoms with Crippen LogP contribution >= 0.6 is 0 Å². The fourth-order valence-electron chi connectivity index (χ4n) is 2.78. The molecule has 1 N–H and O–H groups in total. The molecule has 0 atom stereocenters. The van der Waals surface area contributed by atoms with E-state index in [0.717, 1.165) is 16.8 Å². The van der Waals surface area contributed by atoms with Crippen molar-refractivity contribution in [2.75, 3.05) is 0 Å². The molecule has 0 saturated carbocycles. The van der Waals surface area contributed by atoms with Crippen molar-refractivity contribution in [2.24, 2.45) is 0 Å². The maximum Gasteiger partial charge on any atom is 0.349 e. The molecule has 140 valence electrons. The van der Waals surface area contributed by atoms with Crippen LogP contribution in [0.5, 0.6) is 5.75 Å². The van der Waals surface area contributed by atoms with E-state index in [1.54, 1.807) is 24.4 Å². The summed E-state index contributed by atoms with van der Waals surface area (Å²) >= 11 is 0. The van der Waals surface area contributed by atoms with Crippen LogP contribution in [0.15, 0.2) is 45.7 Å². The molecular weight excluding hydrogens is 344 g/mol. The molecule has 6 heteroatoms. The van der Waals surface area contributed by atoms with Crippen LogP contribution in [0.4, 0.5) is 0 Å². The highest BCUT2D eigenvalue weighted by Gasteiger charge is 2.14. The Bertz CT molecular complexity index is 1050. The number of fused-ring (bicyclic) bond motifs is 1. The Morgan fingerprint density at radius 1 is 1.22 bits per heavy atom. The third-order valence-electron chi connectivity index (χ3n) is 4.12. The molecule has 3 aromatic rings. The standard InChI is InChI=1S/C21H22N2O4/c1-12(2)26-17-6-5-15-8-18(21(25)27-19(15)9-17)20(24)23-11-16-10-22-14(4)7-13(16)3/h5-10,12H,11H2,1-4H3,(H,23,24). The molecule has 6 nitrogen and oxygen atoms in total. The molecule has 0 spiro atoms. The Hall–Kier alpha value is -3.15. The Labute approximate surface area is 157 Å². The van der Waals surface area contributed by atoms with E-state index in [-0.39, 0.29) is 18.2 Å². The lowest BCUT2D eigenvalue weighted by atomic mass is 10.1. The zero-order valence-electron chi connectivity index (χ0n) is 15.8. The molecule has 0 aliphatic carbocycles. The number of aryl methyl sites for hydroxylation is 2. The van der Waals surface area contributed by atoms with Crippen molar-refractivity contribution in [3.63, 3.8) is 0 Å². The van der Waals surface area contributed by atoms with E-state index in [0.29, 0.717) is 16.7 Å². The molecule has 0 aliphatic rings. The second-order valence-corrected chi connectivity index (χ2v) is 6.75. The Balaban J connectivity index is 1.82. The topological polar surface area (TPSA) is 81.4 Å². The van der Waals surface area contributed by atoms with Gasteiger partial charge in [0.25, 0.3) is 5.91 Å². The minimum atomic E-state index is -0.680. The number of aromatic nitrogens is 1. The van der Waals surface area contributed by atoms with Gasteiger partial charge in [-0.15, -0.1) is 0 Å². The lowest BCUT2D eigenvalue weighted by Crippen LogP contribution is -2.28. The molecule has 0 radical (unpaired) electrons. The van der Waals surface area contributed by atoms with Crippen molar-refractivity contribution in [3.05, 3.63) is 69.3 Å². The van der Waals surface area contributed by atoms with Crippen molar-refractivity contribution in [1.82, 2.24) is 10.3 Å². The van der Waals surface area contributed by atoms with Crippen LogP contribution in [0, 0.1) is 13.8 Å². The SMILES string of the molecule is Cc1cc(C)c(CNC(=O)c2cc3ccc(OC(C)C)cc3oc2=O)cn1. The first-order valence-electron chi connectivity index (χ1n) is 8.78. The number of hydrogen-bond acceptors (Lipinski definition) is 5. The average Bonchev–Trinajstić information content (AvgIpc) is 2.59. The fourth-order valence-corrected chi connectivity index (χ4v) is 2.78. The Kier molecular flexibility index (Phi) is 5.26. The molecule has 0 saturated heterocycles. The molecule has 0 fully saturated rings. The number of pyridine rings is 1. The van der Waals surface area contributed by atoms with Crippen LogP contribution in [0.3, 0.4) is 0 Å².